The van der Waals surface area contributed by atoms with E-state index in [1.54, 1.807) is 22.6 Å². The van der Waals surface area contributed by atoms with E-state index in [2.05, 4.69) is 21.5 Å². The van der Waals surface area contributed by atoms with Gasteiger partial charge in [-0.3, -0.25) is 0 Å². The minimum Gasteiger partial charge on any atom is -0.316 e. The second-order valence-electron chi connectivity index (χ2n) is 4.24. The van der Waals surface area contributed by atoms with E-state index >= 15 is 0 Å². The van der Waals surface area contributed by atoms with Gasteiger partial charge < -0.3 is 5.32 Å². The molecule has 1 atom stereocenters. The molecule has 2 aromatic rings. The van der Waals surface area contributed by atoms with Gasteiger partial charge in [0.1, 0.15) is 6.33 Å². The van der Waals surface area contributed by atoms with Crippen molar-refractivity contribution in [1.82, 2.24) is 24.9 Å². The number of thioether (sulfide) groups is 1. The number of hydrogen-bond acceptors (Lipinski definition) is 5. The highest BCUT2D eigenvalue weighted by Gasteiger charge is 2.18. The van der Waals surface area contributed by atoms with Gasteiger partial charge in [-0.15, -0.1) is 0 Å². The predicted molar refractivity (Wildman–Crippen MR) is 67.4 cm³/mol. The van der Waals surface area contributed by atoms with E-state index in [4.69, 9.17) is 4.98 Å². The zero-order valence-electron chi connectivity index (χ0n) is 9.76. The van der Waals surface area contributed by atoms with Crippen LogP contribution < -0.4 is 5.32 Å². The quantitative estimate of drug-likeness (QED) is 0.642. The van der Waals surface area contributed by atoms with Crippen molar-refractivity contribution >= 4 is 17.4 Å². The molecule has 0 amide bonds. The summed E-state index contributed by atoms with van der Waals surface area (Å²) in [6.07, 6.45) is 6.03. The topological polar surface area (TPSA) is 55.1 Å². The summed E-state index contributed by atoms with van der Waals surface area (Å²) in [5, 5.41) is 8.52. The summed E-state index contributed by atoms with van der Waals surface area (Å²) >= 11 is 1.61. The summed E-state index contributed by atoms with van der Waals surface area (Å²) in [5.74, 6) is 0.511. The van der Waals surface area contributed by atoms with Gasteiger partial charge in [0, 0.05) is 18.5 Å². The second-order valence-corrected chi connectivity index (χ2v) is 5.01. The Kier molecular flexibility index (Phi) is 2.98. The Morgan fingerprint density at radius 2 is 2.47 bits per heavy atom. The zero-order chi connectivity index (χ0) is 11.7. The summed E-state index contributed by atoms with van der Waals surface area (Å²) in [4.78, 5) is 8.96. The molecule has 2 aromatic heterocycles. The van der Waals surface area contributed by atoms with Crippen LogP contribution in [-0.4, -0.2) is 38.9 Å². The lowest BCUT2D eigenvalue weighted by Crippen LogP contribution is -2.29. The first-order chi connectivity index (χ1) is 8.38. The summed E-state index contributed by atoms with van der Waals surface area (Å²) in [6, 6.07) is 2.06. The van der Waals surface area contributed by atoms with E-state index in [9.17, 15) is 0 Å². The molecule has 1 unspecified atom stereocenters. The Morgan fingerprint density at radius 1 is 1.53 bits per heavy atom. The highest BCUT2D eigenvalue weighted by molar-refractivity contribution is 7.98. The van der Waals surface area contributed by atoms with Gasteiger partial charge in [-0.2, -0.15) is 9.61 Å². The molecule has 3 rings (SSSR count). The van der Waals surface area contributed by atoms with Gasteiger partial charge in [0.2, 0.25) is 0 Å². The maximum absolute atomic E-state index is 4.70. The third kappa shape index (κ3) is 2.02. The molecule has 0 saturated carbocycles. The number of nitrogens with one attached hydrogen (secondary N) is 1. The summed E-state index contributed by atoms with van der Waals surface area (Å²) in [6.45, 7) is 2.14. The van der Waals surface area contributed by atoms with Crippen LogP contribution in [0.4, 0.5) is 0 Å². The smallest absolute Gasteiger partial charge is 0.190 e. The first-order valence-corrected chi connectivity index (χ1v) is 7.06. The van der Waals surface area contributed by atoms with E-state index in [0.717, 1.165) is 29.6 Å². The summed E-state index contributed by atoms with van der Waals surface area (Å²) in [5.41, 5.74) is 2.03. The molecule has 1 aliphatic heterocycles. The van der Waals surface area contributed by atoms with Gasteiger partial charge in [0.05, 0.1) is 5.69 Å². The molecule has 90 valence electrons. The van der Waals surface area contributed by atoms with Crippen LogP contribution in [0.3, 0.4) is 0 Å². The molecule has 1 fully saturated rings. The first kappa shape index (κ1) is 11.0. The predicted octanol–water partition coefficient (Wildman–Crippen LogP) is 1.31. The van der Waals surface area contributed by atoms with Gasteiger partial charge in [0.15, 0.2) is 10.8 Å². The normalized spacial score (nSPS) is 20.9. The Bertz CT molecular complexity index is 518. The molecule has 1 aliphatic rings. The lowest BCUT2D eigenvalue weighted by Gasteiger charge is -2.22. The first-order valence-electron chi connectivity index (χ1n) is 5.84. The number of piperidine rings is 1. The molecule has 0 radical (unpaired) electrons. The molecule has 6 heteroatoms. The summed E-state index contributed by atoms with van der Waals surface area (Å²) < 4.78 is 1.80. The fraction of sp³-hybridized carbons (Fsp3) is 0.545. The van der Waals surface area contributed by atoms with Crippen molar-refractivity contribution in [2.45, 2.75) is 23.9 Å². The third-order valence-electron chi connectivity index (χ3n) is 3.15. The summed E-state index contributed by atoms with van der Waals surface area (Å²) in [7, 11) is 0. The maximum atomic E-state index is 4.70. The van der Waals surface area contributed by atoms with E-state index in [0.29, 0.717) is 5.92 Å². The van der Waals surface area contributed by atoms with Crippen LogP contribution in [0.5, 0.6) is 0 Å². The van der Waals surface area contributed by atoms with Crippen molar-refractivity contribution in [2.24, 2.45) is 0 Å². The SMILES string of the molecule is CSc1nc(C2CCCNC2)cc2ncnn12. The third-order valence-corrected chi connectivity index (χ3v) is 3.78. The van der Waals surface area contributed by atoms with E-state index in [-0.39, 0.29) is 0 Å². The van der Waals surface area contributed by atoms with Crippen LogP contribution in [0.2, 0.25) is 0 Å². The van der Waals surface area contributed by atoms with Crippen LogP contribution in [-0.2, 0) is 0 Å². The molecule has 1 N–H and O–H groups in total. The van der Waals surface area contributed by atoms with Gasteiger partial charge in [-0.05, 0) is 25.6 Å². The molecular weight excluding hydrogens is 234 g/mol. The van der Waals surface area contributed by atoms with Crippen molar-refractivity contribution in [1.29, 1.82) is 0 Å². The molecule has 5 nitrogen and oxygen atoms in total. The highest BCUT2D eigenvalue weighted by atomic mass is 32.2. The van der Waals surface area contributed by atoms with E-state index in [1.807, 2.05) is 6.26 Å². The van der Waals surface area contributed by atoms with Crippen molar-refractivity contribution in [2.75, 3.05) is 19.3 Å². The van der Waals surface area contributed by atoms with Crippen LogP contribution in [0.15, 0.2) is 17.6 Å². The molecular formula is C11H15N5S. The molecule has 3 heterocycles. The minimum absolute atomic E-state index is 0.511. The lowest BCUT2D eigenvalue weighted by molar-refractivity contribution is 0.451. The maximum Gasteiger partial charge on any atom is 0.190 e. The van der Waals surface area contributed by atoms with Crippen LogP contribution in [0.1, 0.15) is 24.5 Å². The average molecular weight is 249 g/mol. The van der Waals surface area contributed by atoms with E-state index in [1.165, 1.54) is 12.8 Å². The lowest BCUT2D eigenvalue weighted by atomic mass is 9.96. The number of hydrogen-bond donors (Lipinski definition) is 1. The standard InChI is InChI=1S/C11H15N5S/c1-17-11-15-9(8-3-2-4-12-6-8)5-10-13-7-14-16(10)11/h5,7-8,12H,2-4,6H2,1H3. The molecule has 0 aromatic carbocycles. The second kappa shape index (κ2) is 4.62. The van der Waals surface area contributed by atoms with Crippen LogP contribution in [0, 0.1) is 0 Å². The highest BCUT2D eigenvalue weighted by Crippen LogP contribution is 2.24. The van der Waals surface area contributed by atoms with Gasteiger partial charge in [0.25, 0.3) is 0 Å². The van der Waals surface area contributed by atoms with E-state index < -0.39 is 0 Å². The Balaban J connectivity index is 2.03. The number of fused-ring (bicyclic) bond motifs is 1. The minimum atomic E-state index is 0.511. The molecule has 1 saturated heterocycles. The van der Waals surface area contributed by atoms with Crippen molar-refractivity contribution < 1.29 is 0 Å². The van der Waals surface area contributed by atoms with Gasteiger partial charge in [-0.1, -0.05) is 11.8 Å². The fourth-order valence-corrected chi connectivity index (χ4v) is 2.77. The zero-order valence-corrected chi connectivity index (χ0v) is 10.6. The Morgan fingerprint density at radius 3 is 3.24 bits per heavy atom. The monoisotopic (exact) mass is 249 g/mol. The van der Waals surface area contributed by atoms with Crippen LogP contribution >= 0.6 is 11.8 Å². The van der Waals surface area contributed by atoms with Gasteiger partial charge >= 0.3 is 0 Å². The van der Waals surface area contributed by atoms with Gasteiger partial charge in [-0.25, -0.2) is 9.97 Å². The van der Waals surface area contributed by atoms with Crippen molar-refractivity contribution in [3.8, 4) is 0 Å². The Hall–Kier alpha value is -1.14. The fourth-order valence-electron chi connectivity index (χ4n) is 2.26. The largest absolute Gasteiger partial charge is 0.316 e. The number of rotatable bonds is 2. The Labute approximate surface area is 104 Å². The van der Waals surface area contributed by atoms with Crippen molar-refractivity contribution in [3.05, 3.63) is 18.1 Å². The van der Waals surface area contributed by atoms with Crippen LogP contribution in [0.25, 0.3) is 5.65 Å². The molecule has 0 bridgehead atoms. The number of aromatic nitrogens is 4. The average Bonchev–Trinajstić information content (AvgIpc) is 2.86. The number of nitrogens with zero attached hydrogens (tertiary/aromatic N) is 4. The van der Waals surface area contributed by atoms with Crippen molar-refractivity contribution in [3.63, 3.8) is 0 Å². The molecule has 0 spiro atoms. The molecule has 17 heavy (non-hydrogen) atoms. The molecule has 0 aliphatic carbocycles.